The van der Waals surface area contributed by atoms with Gasteiger partial charge in [-0.1, -0.05) is 17.7 Å². The normalized spacial score (nSPS) is 10.3. The van der Waals surface area contributed by atoms with Gasteiger partial charge in [-0.25, -0.2) is 9.18 Å². The first-order chi connectivity index (χ1) is 13.1. The number of nitrogens with zero attached hydrogens (tertiary/aromatic N) is 2. The van der Waals surface area contributed by atoms with E-state index in [1.807, 2.05) is 31.2 Å². The molecule has 0 radical (unpaired) electrons. The molecule has 2 aromatic carbocycles. The van der Waals surface area contributed by atoms with Crippen molar-refractivity contribution in [3.8, 4) is 17.1 Å². The highest BCUT2D eigenvalue weighted by molar-refractivity contribution is 5.89. The number of hydrogen-bond acceptors (Lipinski definition) is 4. The summed E-state index contributed by atoms with van der Waals surface area (Å²) in [4.78, 5) is 11.8. The van der Waals surface area contributed by atoms with E-state index in [0.717, 1.165) is 16.8 Å². The Balaban J connectivity index is 1.41. The molecule has 0 aliphatic carbocycles. The fraction of sp³-hybridized carbons (Fsp3) is 0.150. The second-order valence-electron chi connectivity index (χ2n) is 5.86. The molecule has 0 aliphatic rings. The topological polar surface area (TPSA) is 76.1 Å². The van der Waals surface area contributed by atoms with Crippen LogP contribution in [0.3, 0.4) is 0 Å². The van der Waals surface area contributed by atoms with E-state index in [2.05, 4.69) is 20.8 Å². The quantitative estimate of drug-likeness (QED) is 0.651. The van der Waals surface area contributed by atoms with Crippen LogP contribution in [0.4, 0.5) is 14.9 Å². The third-order valence-corrected chi connectivity index (χ3v) is 3.73. The SMILES string of the molecule is Cc1ccc(NC(=O)NCCOc2ccc(-c3ccc(F)cc3)nn2)cc1. The molecule has 0 saturated carbocycles. The summed E-state index contributed by atoms with van der Waals surface area (Å²) in [6.45, 7) is 2.56. The Hall–Kier alpha value is -3.48. The maximum atomic E-state index is 12.9. The molecule has 0 atom stereocenters. The van der Waals surface area contributed by atoms with E-state index >= 15 is 0 Å². The third-order valence-electron chi connectivity index (χ3n) is 3.73. The molecule has 3 rings (SSSR count). The highest BCUT2D eigenvalue weighted by Gasteiger charge is 2.04. The summed E-state index contributed by atoms with van der Waals surface area (Å²) < 4.78 is 18.4. The predicted molar refractivity (Wildman–Crippen MR) is 101 cm³/mol. The van der Waals surface area contributed by atoms with E-state index in [1.54, 1.807) is 24.3 Å². The molecule has 0 spiro atoms. The number of aryl methyl sites for hydroxylation is 1. The first-order valence-corrected chi connectivity index (χ1v) is 8.44. The van der Waals surface area contributed by atoms with Crippen LogP contribution >= 0.6 is 0 Å². The lowest BCUT2D eigenvalue weighted by atomic mass is 10.1. The summed E-state index contributed by atoms with van der Waals surface area (Å²) in [7, 11) is 0. The Kier molecular flexibility index (Phi) is 5.94. The molecule has 0 fully saturated rings. The van der Waals surface area contributed by atoms with Gasteiger partial charge in [-0.05, 0) is 49.4 Å². The molecule has 0 bridgehead atoms. The minimum Gasteiger partial charge on any atom is -0.475 e. The van der Waals surface area contributed by atoms with Crippen molar-refractivity contribution in [2.24, 2.45) is 0 Å². The van der Waals surface area contributed by atoms with E-state index in [1.165, 1.54) is 12.1 Å². The van der Waals surface area contributed by atoms with Crippen molar-refractivity contribution in [2.75, 3.05) is 18.5 Å². The second-order valence-corrected chi connectivity index (χ2v) is 5.86. The number of benzene rings is 2. The van der Waals surface area contributed by atoms with Gasteiger partial charge in [-0.15, -0.1) is 10.2 Å². The van der Waals surface area contributed by atoms with Gasteiger partial charge in [0, 0.05) is 17.3 Å². The molecule has 6 nitrogen and oxygen atoms in total. The monoisotopic (exact) mass is 366 g/mol. The van der Waals surface area contributed by atoms with Crippen molar-refractivity contribution >= 4 is 11.7 Å². The highest BCUT2D eigenvalue weighted by Crippen LogP contribution is 2.18. The van der Waals surface area contributed by atoms with Gasteiger partial charge in [0.2, 0.25) is 5.88 Å². The first kappa shape index (κ1) is 18.3. The van der Waals surface area contributed by atoms with E-state index in [-0.39, 0.29) is 18.5 Å². The molecule has 0 aliphatic heterocycles. The Labute approximate surface area is 156 Å². The van der Waals surface area contributed by atoms with Crippen molar-refractivity contribution in [3.05, 3.63) is 72.0 Å². The number of anilines is 1. The van der Waals surface area contributed by atoms with Crippen LogP contribution in [0.1, 0.15) is 5.56 Å². The summed E-state index contributed by atoms with van der Waals surface area (Å²) in [5.41, 5.74) is 3.24. The largest absolute Gasteiger partial charge is 0.475 e. The van der Waals surface area contributed by atoms with Gasteiger partial charge in [-0.3, -0.25) is 0 Å². The van der Waals surface area contributed by atoms with E-state index < -0.39 is 0 Å². The first-order valence-electron chi connectivity index (χ1n) is 8.44. The standard InChI is InChI=1S/C20H19FN4O2/c1-14-2-8-17(9-3-14)23-20(26)22-12-13-27-19-11-10-18(24-25-19)15-4-6-16(21)7-5-15/h2-11H,12-13H2,1H3,(H2,22,23,26). The van der Waals surface area contributed by atoms with Gasteiger partial charge in [0.15, 0.2) is 0 Å². The van der Waals surface area contributed by atoms with Crippen LogP contribution in [0, 0.1) is 12.7 Å². The van der Waals surface area contributed by atoms with Gasteiger partial charge < -0.3 is 15.4 Å². The van der Waals surface area contributed by atoms with Crippen molar-refractivity contribution in [3.63, 3.8) is 0 Å². The number of rotatable bonds is 6. The molecule has 27 heavy (non-hydrogen) atoms. The molecular formula is C20H19FN4O2. The van der Waals surface area contributed by atoms with Gasteiger partial charge in [0.05, 0.1) is 12.2 Å². The number of nitrogens with one attached hydrogen (secondary N) is 2. The van der Waals surface area contributed by atoms with Crippen LogP contribution in [-0.4, -0.2) is 29.4 Å². The zero-order valence-corrected chi connectivity index (χ0v) is 14.8. The summed E-state index contributed by atoms with van der Waals surface area (Å²) >= 11 is 0. The predicted octanol–water partition coefficient (Wildman–Crippen LogP) is 3.79. The van der Waals surface area contributed by atoms with E-state index in [0.29, 0.717) is 18.1 Å². The number of carbonyl (C=O) groups excluding carboxylic acids is 1. The Bertz CT molecular complexity index is 881. The minimum atomic E-state index is -0.305. The van der Waals surface area contributed by atoms with Crippen LogP contribution in [0.2, 0.25) is 0 Å². The van der Waals surface area contributed by atoms with Crippen LogP contribution in [0.5, 0.6) is 5.88 Å². The lowest BCUT2D eigenvalue weighted by Crippen LogP contribution is -2.32. The summed E-state index contributed by atoms with van der Waals surface area (Å²) in [5.74, 6) is 0.0483. The lowest BCUT2D eigenvalue weighted by Gasteiger charge is -2.09. The number of aromatic nitrogens is 2. The average molecular weight is 366 g/mol. The van der Waals surface area contributed by atoms with Gasteiger partial charge in [0.25, 0.3) is 0 Å². The number of carbonyl (C=O) groups is 1. The second kappa shape index (κ2) is 8.75. The maximum Gasteiger partial charge on any atom is 0.319 e. The van der Waals surface area contributed by atoms with Crippen LogP contribution < -0.4 is 15.4 Å². The van der Waals surface area contributed by atoms with E-state index in [9.17, 15) is 9.18 Å². The number of urea groups is 1. The van der Waals surface area contributed by atoms with Gasteiger partial charge >= 0.3 is 6.03 Å². The molecule has 0 saturated heterocycles. The van der Waals surface area contributed by atoms with Crippen LogP contribution in [0.25, 0.3) is 11.3 Å². The zero-order chi connectivity index (χ0) is 19.1. The fourth-order valence-corrected chi connectivity index (χ4v) is 2.30. The molecule has 1 aromatic heterocycles. The highest BCUT2D eigenvalue weighted by atomic mass is 19.1. The van der Waals surface area contributed by atoms with Gasteiger partial charge in [-0.2, -0.15) is 0 Å². The fourth-order valence-electron chi connectivity index (χ4n) is 2.30. The summed E-state index contributed by atoms with van der Waals surface area (Å²) in [6.07, 6.45) is 0. The Morgan fingerprint density at radius 2 is 1.74 bits per heavy atom. The Morgan fingerprint density at radius 1 is 1.00 bits per heavy atom. The summed E-state index contributed by atoms with van der Waals surface area (Å²) in [5, 5.41) is 13.5. The average Bonchev–Trinajstić information content (AvgIpc) is 2.68. The van der Waals surface area contributed by atoms with Crippen molar-refractivity contribution in [2.45, 2.75) is 6.92 Å². The van der Waals surface area contributed by atoms with E-state index in [4.69, 9.17) is 4.74 Å². The molecule has 3 aromatic rings. The Morgan fingerprint density at radius 3 is 2.41 bits per heavy atom. The molecule has 1 heterocycles. The van der Waals surface area contributed by atoms with Crippen molar-refractivity contribution in [1.29, 1.82) is 0 Å². The molecule has 138 valence electrons. The molecule has 2 N–H and O–H groups in total. The third kappa shape index (κ3) is 5.50. The smallest absolute Gasteiger partial charge is 0.319 e. The molecule has 0 unspecified atom stereocenters. The van der Waals surface area contributed by atoms with Crippen LogP contribution in [0.15, 0.2) is 60.7 Å². The van der Waals surface area contributed by atoms with Crippen molar-refractivity contribution < 1.29 is 13.9 Å². The van der Waals surface area contributed by atoms with Crippen LogP contribution in [-0.2, 0) is 0 Å². The zero-order valence-electron chi connectivity index (χ0n) is 14.8. The molecule has 7 heteroatoms. The molecule has 2 amide bonds. The number of amides is 2. The number of halogens is 1. The summed E-state index contributed by atoms with van der Waals surface area (Å²) in [6, 6.07) is 16.6. The number of hydrogen-bond donors (Lipinski definition) is 2. The minimum absolute atomic E-state index is 0.256. The lowest BCUT2D eigenvalue weighted by molar-refractivity contribution is 0.246. The maximum absolute atomic E-state index is 12.9. The number of ether oxygens (including phenoxy) is 1. The van der Waals surface area contributed by atoms with Crippen molar-refractivity contribution in [1.82, 2.24) is 15.5 Å². The van der Waals surface area contributed by atoms with Gasteiger partial charge in [0.1, 0.15) is 12.4 Å². The molecular weight excluding hydrogens is 347 g/mol.